The summed E-state index contributed by atoms with van der Waals surface area (Å²) in [6.07, 6.45) is 0.911. The molecule has 4 heteroatoms. The van der Waals surface area contributed by atoms with Gasteiger partial charge in [0.05, 0.1) is 13.2 Å². The number of para-hydroxylation sites is 1. The Balaban J connectivity index is 2.53. The molecule has 1 aromatic carbocycles. The van der Waals surface area contributed by atoms with E-state index in [1.54, 1.807) is 7.11 Å². The molecule has 1 amide bonds. The summed E-state index contributed by atoms with van der Waals surface area (Å²) in [6, 6.07) is 6.06. The van der Waals surface area contributed by atoms with Crippen molar-refractivity contribution in [1.82, 2.24) is 5.32 Å². The molecule has 18 heavy (non-hydrogen) atoms. The molecule has 0 saturated heterocycles. The molecule has 0 heterocycles. The maximum atomic E-state index is 11.8. The van der Waals surface area contributed by atoms with E-state index >= 15 is 0 Å². The van der Waals surface area contributed by atoms with E-state index in [1.165, 1.54) is 5.56 Å². The van der Waals surface area contributed by atoms with E-state index in [9.17, 15) is 4.79 Å². The van der Waals surface area contributed by atoms with E-state index in [1.807, 2.05) is 25.1 Å². The first-order chi connectivity index (χ1) is 8.69. The zero-order valence-corrected chi connectivity index (χ0v) is 11.4. The number of amides is 1. The van der Waals surface area contributed by atoms with Gasteiger partial charge in [0.15, 0.2) is 0 Å². The predicted octanol–water partition coefficient (Wildman–Crippen LogP) is 1.73. The van der Waals surface area contributed by atoms with Gasteiger partial charge in [0, 0.05) is 19.3 Å². The molecule has 1 rings (SSSR count). The van der Waals surface area contributed by atoms with E-state index in [4.69, 9.17) is 4.74 Å². The molecule has 0 spiro atoms. The second-order valence-corrected chi connectivity index (χ2v) is 4.18. The van der Waals surface area contributed by atoms with E-state index in [0.717, 1.165) is 17.7 Å². The van der Waals surface area contributed by atoms with Gasteiger partial charge in [-0.05, 0) is 24.5 Å². The van der Waals surface area contributed by atoms with Crippen molar-refractivity contribution in [1.29, 1.82) is 0 Å². The number of nitrogens with one attached hydrogen (secondary N) is 2. The van der Waals surface area contributed by atoms with Gasteiger partial charge in [-0.15, -0.1) is 0 Å². The van der Waals surface area contributed by atoms with Gasteiger partial charge in [0.1, 0.15) is 0 Å². The lowest BCUT2D eigenvalue weighted by atomic mass is 10.1. The number of ether oxygens (including phenoxy) is 1. The Hall–Kier alpha value is -1.39. The Morgan fingerprint density at radius 2 is 2.17 bits per heavy atom. The van der Waals surface area contributed by atoms with E-state index < -0.39 is 0 Å². The summed E-state index contributed by atoms with van der Waals surface area (Å²) in [5, 5.41) is 5.99. The number of methoxy groups -OCH3 is 1. The van der Waals surface area contributed by atoms with Gasteiger partial charge in [-0.2, -0.15) is 0 Å². The van der Waals surface area contributed by atoms with Crippen LogP contribution in [0.25, 0.3) is 0 Å². The topological polar surface area (TPSA) is 50.4 Å². The van der Waals surface area contributed by atoms with Crippen molar-refractivity contribution in [3.05, 3.63) is 29.3 Å². The number of carbonyl (C=O) groups is 1. The molecule has 4 nitrogen and oxygen atoms in total. The van der Waals surface area contributed by atoms with Gasteiger partial charge in [0.2, 0.25) is 5.91 Å². The molecule has 0 saturated carbocycles. The Bertz CT molecular complexity index is 391. The molecule has 0 aliphatic heterocycles. The number of carbonyl (C=O) groups excluding carboxylic acids is 1. The Morgan fingerprint density at radius 1 is 1.39 bits per heavy atom. The Kier molecular flexibility index (Phi) is 6.39. The summed E-state index contributed by atoms with van der Waals surface area (Å²) in [5.41, 5.74) is 3.21. The molecular weight excluding hydrogens is 228 g/mol. The van der Waals surface area contributed by atoms with Gasteiger partial charge >= 0.3 is 0 Å². The molecule has 0 fully saturated rings. The summed E-state index contributed by atoms with van der Waals surface area (Å²) in [5.74, 6) is -0.0184. The van der Waals surface area contributed by atoms with Crippen molar-refractivity contribution in [3.8, 4) is 0 Å². The van der Waals surface area contributed by atoms with Crippen molar-refractivity contribution in [3.63, 3.8) is 0 Å². The quantitative estimate of drug-likeness (QED) is 0.725. The molecule has 2 N–H and O–H groups in total. The monoisotopic (exact) mass is 250 g/mol. The molecule has 0 aliphatic rings. The van der Waals surface area contributed by atoms with Crippen LogP contribution in [0.15, 0.2) is 18.2 Å². The average Bonchev–Trinajstić information content (AvgIpc) is 2.37. The summed E-state index contributed by atoms with van der Waals surface area (Å²) in [7, 11) is 1.64. The predicted molar refractivity (Wildman–Crippen MR) is 73.9 cm³/mol. The Morgan fingerprint density at radius 3 is 2.83 bits per heavy atom. The number of aryl methyl sites for hydroxylation is 2. The van der Waals surface area contributed by atoms with E-state index in [0.29, 0.717) is 19.7 Å². The van der Waals surface area contributed by atoms with Crippen LogP contribution in [0.3, 0.4) is 0 Å². The fourth-order valence-corrected chi connectivity index (χ4v) is 1.76. The lowest BCUT2D eigenvalue weighted by Crippen LogP contribution is -2.30. The molecule has 0 aromatic heterocycles. The molecule has 0 atom stereocenters. The first-order valence-corrected chi connectivity index (χ1v) is 6.27. The fraction of sp³-hybridized carbons (Fsp3) is 0.500. The van der Waals surface area contributed by atoms with Gasteiger partial charge in [-0.3, -0.25) is 4.79 Å². The third-order valence-corrected chi connectivity index (χ3v) is 2.77. The van der Waals surface area contributed by atoms with Crippen LogP contribution >= 0.6 is 0 Å². The summed E-state index contributed by atoms with van der Waals surface area (Å²) < 4.78 is 4.90. The SMILES string of the molecule is CCc1cccc(C)c1NC(=O)CNCCOC. The molecule has 0 aliphatic carbocycles. The first-order valence-electron chi connectivity index (χ1n) is 6.27. The van der Waals surface area contributed by atoms with Gasteiger partial charge in [-0.1, -0.05) is 25.1 Å². The maximum absolute atomic E-state index is 11.8. The molecule has 0 bridgehead atoms. The molecular formula is C14H22N2O2. The van der Waals surface area contributed by atoms with Gasteiger partial charge in [-0.25, -0.2) is 0 Å². The second kappa shape index (κ2) is 7.84. The highest BCUT2D eigenvalue weighted by Gasteiger charge is 2.07. The van der Waals surface area contributed by atoms with Crippen molar-refractivity contribution in [2.24, 2.45) is 0 Å². The van der Waals surface area contributed by atoms with Crippen LogP contribution in [-0.4, -0.2) is 32.7 Å². The molecule has 100 valence electrons. The number of rotatable bonds is 7. The third-order valence-electron chi connectivity index (χ3n) is 2.77. The van der Waals surface area contributed by atoms with Crippen LogP contribution in [0.4, 0.5) is 5.69 Å². The number of anilines is 1. The highest BCUT2D eigenvalue weighted by molar-refractivity contribution is 5.93. The van der Waals surface area contributed by atoms with Crippen molar-refractivity contribution < 1.29 is 9.53 Å². The molecule has 0 radical (unpaired) electrons. The minimum Gasteiger partial charge on any atom is -0.383 e. The van der Waals surface area contributed by atoms with Gasteiger partial charge < -0.3 is 15.4 Å². The minimum absolute atomic E-state index is 0.0184. The van der Waals surface area contributed by atoms with E-state index in [-0.39, 0.29) is 5.91 Å². The second-order valence-electron chi connectivity index (χ2n) is 4.18. The zero-order valence-electron chi connectivity index (χ0n) is 11.4. The summed E-state index contributed by atoms with van der Waals surface area (Å²) in [4.78, 5) is 11.8. The molecule has 1 aromatic rings. The van der Waals surface area contributed by atoms with Crippen LogP contribution in [0.2, 0.25) is 0 Å². The number of benzene rings is 1. The number of hydrogen-bond donors (Lipinski definition) is 2. The highest BCUT2D eigenvalue weighted by atomic mass is 16.5. The number of hydrogen-bond acceptors (Lipinski definition) is 3. The van der Waals surface area contributed by atoms with Crippen molar-refractivity contribution in [2.45, 2.75) is 20.3 Å². The van der Waals surface area contributed by atoms with Crippen LogP contribution in [-0.2, 0) is 16.0 Å². The lowest BCUT2D eigenvalue weighted by Gasteiger charge is -2.13. The first kappa shape index (κ1) is 14.7. The smallest absolute Gasteiger partial charge is 0.238 e. The average molecular weight is 250 g/mol. The lowest BCUT2D eigenvalue weighted by molar-refractivity contribution is -0.115. The third kappa shape index (κ3) is 4.47. The normalized spacial score (nSPS) is 10.4. The Labute approximate surface area is 109 Å². The maximum Gasteiger partial charge on any atom is 0.238 e. The van der Waals surface area contributed by atoms with Crippen LogP contribution in [0.1, 0.15) is 18.1 Å². The van der Waals surface area contributed by atoms with Crippen molar-refractivity contribution >= 4 is 11.6 Å². The summed E-state index contributed by atoms with van der Waals surface area (Å²) in [6.45, 7) is 5.69. The zero-order chi connectivity index (χ0) is 13.4. The summed E-state index contributed by atoms with van der Waals surface area (Å²) >= 11 is 0. The van der Waals surface area contributed by atoms with Gasteiger partial charge in [0.25, 0.3) is 0 Å². The fourth-order valence-electron chi connectivity index (χ4n) is 1.76. The largest absolute Gasteiger partial charge is 0.383 e. The van der Waals surface area contributed by atoms with Crippen LogP contribution in [0, 0.1) is 6.92 Å². The molecule has 0 unspecified atom stereocenters. The van der Waals surface area contributed by atoms with Crippen LogP contribution < -0.4 is 10.6 Å². The highest BCUT2D eigenvalue weighted by Crippen LogP contribution is 2.20. The van der Waals surface area contributed by atoms with E-state index in [2.05, 4.69) is 17.6 Å². The standard InChI is InChI=1S/C14H22N2O2/c1-4-12-7-5-6-11(2)14(12)16-13(17)10-15-8-9-18-3/h5-7,15H,4,8-10H2,1-3H3,(H,16,17). The van der Waals surface area contributed by atoms with Crippen molar-refractivity contribution in [2.75, 3.05) is 32.1 Å². The van der Waals surface area contributed by atoms with Crippen LogP contribution in [0.5, 0.6) is 0 Å². The minimum atomic E-state index is -0.0184.